The number of nitrogens with zero attached hydrogens (tertiary/aromatic N) is 2. The molecule has 0 aliphatic rings. The van der Waals surface area contributed by atoms with Crippen molar-refractivity contribution < 1.29 is 13.6 Å². The molecule has 30 heavy (non-hydrogen) atoms. The minimum atomic E-state index is -2.73. The Labute approximate surface area is 172 Å². The van der Waals surface area contributed by atoms with E-state index in [2.05, 4.69) is 10.3 Å². The molecule has 0 bridgehead atoms. The SMILES string of the molecule is CCNc1ccc2nc(C(F)F)n(-c3ccc(-c4ccccc4C(N)=O)cc3)c2c1. The average molecular weight is 406 g/mol. The zero-order valence-corrected chi connectivity index (χ0v) is 16.3. The first-order chi connectivity index (χ1) is 14.5. The van der Waals surface area contributed by atoms with Gasteiger partial charge in [0.25, 0.3) is 6.43 Å². The summed E-state index contributed by atoms with van der Waals surface area (Å²) in [5.41, 5.74) is 9.81. The minimum Gasteiger partial charge on any atom is -0.385 e. The minimum absolute atomic E-state index is 0.316. The van der Waals surface area contributed by atoms with Crippen molar-refractivity contribution >= 4 is 22.6 Å². The summed E-state index contributed by atoms with van der Waals surface area (Å²) in [4.78, 5) is 15.9. The van der Waals surface area contributed by atoms with Crippen LogP contribution in [0.2, 0.25) is 0 Å². The molecule has 5 nitrogen and oxygen atoms in total. The van der Waals surface area contributed by atoms with Gasteiger partial charge < -0.3 is 11.1 Å². The number of halogens is 2. The molecule has 0 unspecified atom stereocenters. The third kappa shape index (κ3) is 3.50. The smallest absolute Gasteiger partial charge is 0.295 e. The third-order valence-corrected chi connectivity index (χ3v) is 4.89. The van der Waals surface area contributed by atoms with Gasteiger partial charge in [0.1, 0.15) is 0 Å². The van der Waals surface area contributed by atoms with Crippen LogP contribution in [0, 0.1) is 0 Å². The highest BCUT2D eigenvalue weighted by Crippen LogP contribution is 2.31. The van der Waals surface area contributed by atoms with Gasteiger partial charge >= 0.3 is 0 Å². The number of carbonyl (C=O) groups excluding carboxylic acids is 1. The Bertz CT molecular complexity index is 1220. The summed E-state index contributed by atoms with van der Waals surface area (Å²) in [6.07, 6.45) is -2.73. The van der Waals surface area contributed by atoms with E-state index in [4.69, 9.17) is 5.73 Å². The molecule has 1 amide bonds. The lowest BCUT2D eigenvalue weighted by molar-refractivity contribution is 0.100. The Morgan fingerprint density at radius 1 is 1.10 bits per heavy atom. The largest absolute Gasteiger partial charge is 0.385 e. The number of nitrogens with one attached hydrogen (secondary N) is 1. The quantitative estimate of drug-likeness (QED) is 0.464. The van der Waals surface area contributed by atoms with E-state index in [9.17, 15) is 13.6 Å². The maximum Gasteiger partial charge on any atom is 0.295 e. The van der Waals surface area contributed by atoms with Crippen molar-refractivity contribution in [2.24, 2.45) is 5.73 Å². The molecule has 3 N–H and O–H groups in total. The van der Waals surface area contributed by atoms with Crippen molar-refractivity contribution in [3.8, 4) is 16.8 Å². The molecule has 1 heterocycles. The summed E-state index contributed by atoms with van der Waals surface area (Å²) < 4.78 is 28.9. The molecule has 0 radical (unpaired) electrons. The zero-order chi connectivity index (χ0) is 21.3. The number of hydrogen-bond donors (Lipinski definition) is 2. The van der Waals surface area contributed by atoms with Gasteiger partial charge in [0.15, 0.2) is 5.82 Å². The number of alkyl halides is 2. The molecule has 3 aromatic carbocycles. The van der Waals surface area contributed by atoms with Crippen LogP contribution < -0.4 is 11.1 Å². The Balaban J connectivity index is 1.84. The highest BCUT2D eigenvalue weighted by Gasteiger charge is 2.20. The first-order valence-corrected chi connectivity index (χ1v) is 9.53. The van der Waals surface area contributed by atoms with Crippen LogP contribution in [0.5, 0.6) is 0 Å². The molecule has 0 aliphatic heterocycles. The van der Waals surface area contributed by atoms with Crippen molar-refractivity contribution in [3.63, 3.8) is 0 Å². The van der Waals surface area contributed by atoms with E-state index in [0.717, 1.165) is 17.8 Å². The fraction of sp³-hybridized carbons (Fsp3) is 0.130. The molecule has 0 aliphatic carbocycles. The summed E-state index contributed by atoms with van der Waals surface area (Å²) in [7, 11) is 0. The molecule has 0 saturated heterocycles. The van der Waals surface area contributed by atoms with Crippen LogP contribution in [0.15, 0.2) is 66.7 Å². The lowest BCUT2D eigenvalue weighted by atomic mass is 9.99. The third-order valence-electron chi connectivity index (χ3n) is 4.89. The van der Waals surface area contributed by atoms with Crippen LogP contribution in [0.4, 0.5) is 14.5 Å². The number of anilines is 1. The molecule has 0 fully saturated rings. The van der Waals surface area contributed by atoms with Crippen LogP contribution in [-0.4, -0.2) is 22.0 Å². The molecule has 0 atom stereocenters. The number of aromatic nitrogens is 2. The van der Waals surface area contributed by atoms with E-state index in [1.54, 1.807) is 48.5 Å². The van der Waals surface area contributed by atoms with Gasteiger partial charge in [-0.2, -0.15) is 0 Å². The lowest BCUT2D eigenvalue weighted by Crippen LogP contribution is -2.12. The molecule has 152 valence electrons. The Morgan fingerprint density at radius 3 is 2.50 bits per heavy atom. The molecule has 0 spiro atoms. The zero-order valence-electron chi connectivity index (χ0n) is 16.3. The number of rotatable bonds is 6. The maximum atomic E-state index is 13.7. The second kappa shape index (κ2) is 7.94. The van der Waals surface area contributed by atoms with Gasteiger partial charge in [0.2, 0.25) is 5.91 Å². The summed E-state index contributed by atoms with van der Waals surface area (Å²) in [6.45, 7) is 2.68. The topological polar surface area (TPSA) is 72.9 Å². The molecule has 4 rings (SSSR count). The van der Waals surface area contributed by atoms with Gasteiger partial charge in [0.05, 0.1) is 11.0 Å². The van der Waals surface area contributed by atoms with Crippen LogP contribution in [0.3, 0.4) is 0 Å². The molecule has 1 aromatic heterocycles. The Hall–Kier alpha value is -3.74. The fourth-order valence-corrected chi connectivity index (χ4v) is 3.57. The van der Waals surface area contributed by atoms with Crippen LogP contribution in [-0.2, 0) is 0 Å². The van der Waals surface area contributed by atoms with E-state index in [0.29, 0.717) is 27.8 Å². The number of benzene rings is 3. The normalized spacial score (nSPS) is 11.2. The second-order valence-electron chi connectivity index (χ2n) is 6.80. The second-order valence-corrected chi connectivity index (χ2v) is 6.80. The van der Waals surface area contributed by atoms with Crippen LogP contribution in [0.1, 0.15) is 29.5 Å². The van der Waals surface area contributed by atoms with Crippen LogP contribution >= 0.6 is 0 Å². The fourth-order valence-electron chi connectivity index (χ4n) is 3.57. The molecule has 7 heteroatoms. The van der Waals surface area contributed by atoms with Gasteiger partial charge in [-0.1, -0.05) is 30.3 Å². The van der Waals surface area contributed by atoms with E-state index in [-0.39, 0.29) is 5.82 Å². The maximum absolute atomic E-state index is 13.7. The number of carbonyl (C=O) groups is 1. The highest BCUT2D eigenvalue weighted by molar-refractivity contribution is 5.99. The number of primary amides is 1. The monoisotopic (exact) mass is 406 g/mol. The summed E-state index contributed by atoms with van der Waals surface area (Å²) in [6, 6.07) is 19.4. The van der Waals surface area contributed by atoms with Crippen molar-refractivity contribution in [2.75, 3.05) is 11.9 Å². The average Bonchev–Trinajstić information content (AvgIpc) is 3.13. The standard InChI is InChI=1S/C23H20F2N4O/c1-2-27-15-9-12-19-20(13-15)29(23(28-19)21(24)25)16-10-7-14(8-11-16)17-5-3-4-6-18(17)22(26)30/h3-13,21,27H,2H2,1H3,(H2,26,30). The Morgan fingerprint density at radius 2 is 1.83 bits per heavy atom. The van der Waals surface area contributed by atoms with E-state index in [1.165, 1.54) is 4.57 Å². The first kappa shape index (κ1) is 19.6. The van der Waals surface area contributed by atoms with Gasteiger partial charge in [-0.3, -0.25) is 9.36 Å². The molecular formula is C23H20F2N4O. The van der Waals surface area contributed by atoms with E-state index >= 15 is 0 Å². The number of imidazole rings is 1. The van der Waals surface area contributed by atoms with Gasteiger partial charge in [0, 0.05) is 23.5 Å². The summed E-state index contributed by atoms with van der Waals surface area (Å²) in [5.74, 6) is -0.838. The van der Waals surface area contributed by atoms with Gasteiger partial charge in [-0.05, 0) is 54.4 Å². The van der Waals surface area contributed by atoms with Crippen molar-refractivity contribution in [3.05, 3.63) is 78.1 Å². The number of fused-ring (bicyclic) bond motifs is 1. The highest BCUT2D eigenvalue weighted by atomic mass is 19.3. The van der Waals surface area contributed by atoms with Crippen molar-refractivity contribution in [1.82, 2.24) is 9.55 Å². The van der Waals surface area contributed by atoms with E-state index < -0.39 is 12.3 Å². The number of hydrogen-bond acceptors (Lipinski definition) is 3. The summed E-state index contributed by atoms with van der Waals surface area (Å²) >= 11 is 0. The predicted molar refractivity (Wildman–Crippen MR) is 114 cm³/mol. The van der Waals surface area contributed by atoms with Gasteiger partial charge in [-0.25, -0.2) is 13.8 Å². The van der Waals surface area contributed by atoms with Crippen molar-refractivity contribution in [1.29, 1.82) is 0 Å². The first-order valence-electron chi connectivity index (χ1n) is 9.53. The predicted octanol–water partition coefficient (Wildman–Crippen LogP) is 5.16. The summed E-state index contributed by atoms with van der Waals surface area (Å²) in [5, 5.41) is 3.19. The molecule has 0 saturated carbocycles. The van der Waals surface area contributed by atoms with Gasteiger partial charge in [-0.15, -0.1) is 0 Å². The van der Waals surface area contributed by atoms with Crippen molar-refractivity contribution in [2.45, 2.75) is 13.3 Å². The molecular weight excluding hydrogens is 386 g/mol. The molecule has 4 aromatic rings. The van der Waals surface area contributed by atoms with E-state index in [1.807, 2.05) is 25.1 Å². The lowest BCUT2D eigenvalue weighted by Gasteiger charge is -2.12. The number of nitrogens with two attached hydrogens (primary N) is 1. The Kier molecular flexibility index (Phi) is 5.18. The van der Waals surface area contributed by atoms with Crippen LogP contribution in [0.25, 0.3) is 27.8 Å². The number of amides is 1.